The minimum atomic E-state index is -0.706. The molecule has 1 fully saturated rings. The van der Waals surface area contributed by atoms with Crippen LogP contribution in [-0.4, -0.2) is 53.2 Å². The molecule has 2 aliphatic heterocycles. The van der Waals surface area contributed by atoms with E-state index in [0.29, 0.717) is 18.8 Å². The Morgan fingerprint density at radius 3 is 2.48 bits per heavy atom. The lowest BCUT2D eigenvalue weighted by atomic mass is 10.1. The van der Waals surface area contributed by atoms with Crippen molar-refractivity contribution in [3.8, 4) is 0 Å². The highest BCUT2D eigenvalue weighted by Gasteiger charge is 2.36. The lowest BCUT2D eigenvalue weighted by molar-refractivity contribution is -0.135. The second-order valence-corrected chi connectivity index (χ2v) is 7.05. The second kappa shape index (κ2) is 7.90. The van der Waals surface area contributed by atoms with E-state index in [-0.39, 0.29) is 35.7 Å². The lowest BCUT2D eigenvalue weighted by Gasteiger charge is -2.26. The molecule has 3 heterocycles. The fraction of sp³-hybridized carbons (Fsp3) is 0.333. The van der Waals surface area contributed by atoms with Gasteiger partial charge < -0.3 is 14.1 Å². The molecule has 0 bridgehead atoms. The number of benzene rings is 1. The average molecular weight is 396 g/mol. The Hall–Kier alpha value is -3.42. The number of hydrogen-bond acceptors (Lipinski definition) is 6. The lowest BCUT2D eigenvalue weighted by Crippen LogP contribution is -2.38. The molecule has 0 saturated carbocycles. The summed E-state index contributed by atoms with van der Waals surface area (Å²) in [6.07, 6.45) is 4.47. The largest absolute Gasteiger partial charge is 0.467 e. The number of rotatable bonds is 5. The molecule has 0 unspecified atom stereocenters. The maximum Gasteiger partial charge on any atom is 0.338 e. The van der Waals surface area contributed by atoms with Gasteiger partial charge in [-0.25, -0.2) is 4.79 Å². The molecule has 8 heteroatoms. The van der Waals surface area contributed by atoms with E-state index in [4.69, 9.17) is 9.15 Å². The van der Waals surface area contributed by atoms with Crippen molar-refractivity contribution in [2.75, 3.05) is 19.7 Å². The summed E-state index contributed by atoms with van der Waals surface area (Å²) in [7, 11) is 0. The molecule has 150 valence electrons. The summed E-state index contributed by atoms with van der Waals surface area (Å²) in [5, 5.41) is 0. The van der Waals surface area contributed by atoms with Crippen LogP contribution in [0.2, 0.25) is 0 Å². The van der Waals surface area contributed by atoms with Crippen LogP contribution >= 0.6 is 0 Å². The predicted octanol–water partition coefficient (Wildman–Crippen LogP) is 2.25. The molecule has 0 atom stereocenters. The minimum Gasteiger partial charge on any atom is -0.467 e. The standard InChI is InChI=1S/C21H20N2O6/c24-18(22-8-2-1-3-9-22)13-29-21(27)14-6-7-16-17(11-14)20(26)23(19(16)25)12-15-5-4-10-28-15/h4-7,10-11H,1-3,8-9,12-13H2. The van der Waals surface area contributed by atoms with Crippen molar-refractivity contribution in [3.63, 3.8) is 0 Å². The van der Waals surface area contributed by atoms with Crippen LogP contribution < -0.4 is 0 Å². The van der Waals surface area contributed by atoms with Gasteiger partial charge in [0.1, 0.15) is 5.76 Å². The van der Waals surface area contributed by atoms with Gasteiger partial charge in [0, 0.05) is 13.1 Å². The summed E-state index contributed by atoms with van der Waals surface area (Å²) >= 11 is 0. The highest BCUT2D eigenvalue weighted by atomic mass is 16.5. The van der Waals surface area contributed by atoms with Crippen LogP contribution in [0, 0.1) is 0 Å². The minimum absolute atomic E-state index is 0.0173. The predicted molar refractivity (Wildman–Crippen MR) is 100 cm³/mol. The molecule has 0 radical (unpaired) electrons. The number of hydrogen-bond donors (Lipinski definition) is 0. The maximum atomic E-state index is 12.6. The number of nitrogens with zero attached hydrogens (tertiary/aromatic N) is 2. The van der Waals surface area contributed by atoms with Gasteiger partial charge in [-0.3, -0.25) is 19.3 Å². The smallest absolute Gasteiger partial charge is 0.338 e. The Balaban J connectivity index is 1.42. The SMILES string of the molecule is O=C(OCC(=O)N1CCCCC1)c1ccc2c(c1)C(=O)N(Cc1ccco1)C2=O. The van der Waals surface area contributed by atoms with Crippen molar-refractivity contribution in [1.29, 1.82) is 0 Å². The first kappa shape index (κ1) is 18.9. The van der Waals surface area contributed by atoms with Gasteiger partial charge in [-0.15, -0.1) is 0 Å². The second-order valence-electron chi connectivity index (χ2n) is 7.05. The third kappa shape index (κ3) is 3.78. The van der Waals surface area contributed by atoms with E-state index in [1.165, 1.54) is 24.5 Å². The van der Waals surface area contributed by atoms with Crippen LogP contribution in [0.5, 0.6) is 0 Å². The van der Waals surface area contributed by atoms with Gasteiger partial charge in [0.05, 0.1) is 29.5 Å². The van der Waals surface area contributed by atoms with Crippen LogP contribution in [0.4, 0.5) is 0 Å². The van der Waals surface area contributed by atoms with Gasteiger partial charge >= 0.3 is 5.97 Å². The third-order valence-electron chi connectivity index (χ3n) is 5.14. The molecule has 1 aromatic heterocycles. The Morgan fingerprint density at radius 1 is 1.00 bits per heavy atom. The highest BCUT2D eigenvalue weighted by Crippen LogP contribution is 2.26. The molecule has 2 aliphatic rings. The van der Waals surface area contributed by atoms with Crippen LogP contribution in [-0.2, 0) is 16.1 Å². The zero-order valence-corrected chi connectivity index (χ0v) is 15.8. The van der Waals surface area contributed by atoms with Crippen LogP contribution in [0.1, 0.15) is 56.1 Å². The quantitative estimate of drug-likeness (QED) is 0.568. The number of esters is 1. The number of piperidine rings is 1. The monoisotopic (exact) mass is 396 g/mol. The maximum absolute atomic E-state index is 12.6. The number of fused-ring (bicyclic) bond motifs is 1. The summed E-state index contributed by atoms with van der Waals surface area (Å²) < 4.78 is 10.3. The Bertz CT molecular complexity index is 960. The molecule has 2 aromatic rings. The molecule has 1 aromatic carbocycles. The van der Waals surface area contributed by atoms with E-state index in [1.54, 1.807) is 17.0 Å². The summed E-state index contributed by atoms with van der Waals surface area (Å²) in [5.74, 6) is -1.39. The number of carbonyl (C=O) groups is 4. The van der Waals surface area contributed by atoms with Crippen molar-refractivity contribution in [2.24, 2.45) is 0 Å². The van der Waals surface area contributed by atoms with Crippen molar-refractivity contribution in [3.05, 3.63) is 59.0 Å². The first-order valence-electron chi connectivity index (χ1n) is 9.52. The van der Waals surface area contributed by atoms with Crippen molar-refractivity contribution in [1.82, 2.24) is 9.80 Å². The number of imide groups is 1. The van der Waals surface area contributed by atoms with Gasteiger partial charge in [-0.05, 0) is 49.6 Å². The fourth-order valence-corrected chi connectivity index (χ4v) is 3.56. The molecule has 0 spiro atoms. The van der Waals surface area contributed by atoms with E-state index in [0.717, 1.165) is 24.2 Å². The molecular weight excluding hydrogens is 376 g/mol. The highest BCUT2D eigenvalue weighted by molar-refractivity contribution is 6.21. The molecule has 3 amide bonds. The molecule has 29 heavy (non-hydrogen) atoms. The van der Waals surface area contributed by atoms with Crippen LogP contribution in [0.15, 0.2) is 41.0 Å². The molecule has 0 aliphatic carbocycles. The van der Waals surface area contributed by atoms with Crippen molar-refractivity contribution >= 4 is 23.7 Å². The summed E-state index contributed by atoms with van der Waals surface area (Å²) in [5.41, 5.74) is 0.483. The summed E-state index contributed by atoms with van der Waals surface area (Å²) in [4.78, 5) is 52.4. The van der Waals surface area contributed by atoms with Crippen molar-refractivity contribution in [2.45, 2.75) is 25.8 Å². The Labute approximate surface area is 167 Å². The number of carbonyl (C=O) groups excluding carboxylic acids is 4. The third-order valence-corrected chi connectivity index (χ3v) is 5.14. The zero-order valence-electron chi connectivity index (χ0n) is 15.8. The summed E-state index contributed by atoms with van der Waals surface area (Å²) in [6, 6.07) is 7.54. The Morgan fingerprint density at radius 2 is 1.76 bits per heavy atom. The van der Waals surface area contributed by atoms with E-state index < -0.39 is 17.8 Å². The van der Waals surface area contributed by atoms with Gasteiger partial charge in [0.2, 0.25) is 0 Å². The van der Waals surface area contributed by atoms with Gasteiger partial charge in [0.25, 0.3) is 17.7 Å². The number of amides is 3. The average Bonchev–Trinajstić information content (AvgIpc) is 3.35. The van der Waals surface area contributed by atoms with E-state index >= 15 is 0 Å². The topological polar surface area (TPSA) is 97.1 Å². The van der Waals surface area contributed by atoms with E-state index in [2.05, 4.69) is 0 Å². The van der Waals surface area contributed by atoms with Crippen LogP contribution in [0.3, 0.4) is 0 Å². The molecule has 0 N–H and O–H groups in total. The Kier molecular flexibility index (Phi) is 5.16. The summed E-state index contributed by atoms with van der Waals surface area (Å²) in [6.45, 7) is 1.03. The van der Waals surface area contributed by atoms with Crippen molar-refractivity contribution < 1.29 is 28.3 Å². The molecular formula is C21H20N2O6. The van der Waals surface area contributed by atoms with Gasteiger partial charge in [-0.2, -0.15) is 0 Å². The fourth-order valence-electron chi connectivity index (χ4n) is 3.56. The number of ether oxygens (including phenoxy) is 1. The van der Waals surface area contributed by atoms with E-state index in [9.17, 15) is 19.2 Å². The first-order chi connectivity index (χ1) is 14.0. The molecule has 1 saturated heterocycles. The normalized spacial score (nSPS) is 16.1. The van der Waals surface area contributed by atoms with E-state index in [1.807, 2.05) is 0 Å². The number of furan rings is 1. The molecule has 4 rings (SSSR count). The first-order valence-corrected chi connectivity index (χ1v) is 9.52. The van der Waals surface area contributed by atoms with Crippen LogP contribution in [0.25, 0.3) is 0 Å². The number of likely N-dealkylation sites (tertiary alicyclic amines) is 1. The van der Waals surface area contributed by atoms with Gasteiger partial charge in [-0.1, -0.05) is 0 Å². The molecule has 8 nitrogen and oxygen atoms in total. The zero-order chi connectivity index (χ0) is 20.4. The van der Waals surface area contributed by atoms with Gasteiger partial charge in [0.15, 0.2) is 6.61 Å².